The number of rotatable bonds is 3. The first-order chi connectivity index (χ1) is 7.59. The summed E-state index contributed by atoms with van der Waals surface area (Å²) in [5, 5.41) is 9.09. The van der Waals surface area contributed by atoms with Crippen LogP contribution in [0.2, 0.25) is 0 Å². The number of nitrogens with zero attached hydrogens (tertiary/aromatic N) is 3. The van der Waals surface area contributed by atoms with Gasteiger partial charge in [-0.15, -0.1) is 24.8 Å². The van der Waals surface area contributed by atoms with Gasteiger partial charge in [-0.1, -0.05) is 6.07 Å². The van der Waals surface area contributed by atoms with Crippen molar-refractivity contribution in [1.82, 2.24) is 14.3 Å². The van der Waals surface area contributed by atoms with E-state index >= 15 is 0 Å². The lowest BCUT2D eigenvalue weighted by atomic mass is 10.3. The van der Waals surface area contributed by atoms with Crippen molar-refractivity contribution in [2.24, 2.45) is 0 Å². The maximum atomic E-state index is 11.1. The third kappa shape index (κ3) is 3.13. The molecule has 0 radical (unpaired) electrons. The Morgan fingerprint density at radius 3 is 2.61 bits per heavy atom. The molecule has 18 heavy (non-hydrogen) atoms. The van der Waals surface area contributed by atoms with Gasteiger partial charge < -0.3 is 14.4 Å². The molecule has 7 heteroatoms. The lowest BCUT2D eigenvalue weighted by Gasteiger charge is -2.09. The normalized spacial score (nSPS) is 9.94. The molecule has 1 N–H and O–H groups in total. The van der Waals surface area contributed by atoms with Crippen molar-refractivity contribution in [2.45, 2.75) is 6.54 Å². The molecular weight excluding hydrogens is 277 g/mol. The fourth-order valence-corrected chi connectivity index (χ4v) is 1.67. The van der Waals surface area contributed by atoms with Crippen molar-refractivity contribution in [2.75, 3.05) is 14.1 Å². The molecule has 2 heterocycles. The molecule has 0 fully saturated rings. The molecular formula is C11H15Cl2N3O2. The maximum Gasteiger partial charge on any atom is 0.356 e. The van der Waals surface area contributed by atoms with E-state index in [9.17, 15) is 4.79 Å². The molecule has 0 aromatic carbocycles. The van der Waals surface area contributed by atoms with Gasteiger partial charge in [0, 0.05) is 12.7 Å². The summed E-state index contributed by atoms with van der Waals surface area (Å²) in [5.74, 6) is -0.986. The number of halogens is 2. The minimum atomic E-state index is -0.986. The average molecular weight is 292 g/mol. The lowest BCUT2D eigenvalue weighted by molar-refractivity contribution is 0.0689. The number of fused-ring (bicyclic) bond motifs is 1. The summed E-state index contributed by atoms with van der Waals surface area (Å²) in [7, 11) is 3.79. The first-order valence-corrected chi connectivity index (χ1v) is 4.93. The molecule has 0 atom stereocenters. The smallest absolute Gasteiger partial charge is 0.356 e. The molecule has 0 aliphatic heterocycles. The van der Waals surface area contributed by atoms with Gasteiger partial charge in [0.25, 0.3) is 0 Å². The van der Waals surface area contributed by atoms with Crippen LogP contribution in [0.15, 0.2) is 24.4 Å². The van der Waals surface area contributed by atoms with Gasteiger partial charge in [-0.05, 0) is 26.2 Å². The Kier molecular flexibility index (Phi) is 6.11. The Bertz CT molecular complexity index is 540. The molecule has 0 saturated carbocycles. The van der Waals surface area contributed by atoms with Crippen LogP contribution in [0.3, 0.4) is 0 Å². The van der Waals surface area contributed by atoms with Crippen LogP contribution < -0.4 is 0 Å². The molecule has 0 aliphatic carbocycles. The van der Waals surface area contributed by atoms with E-state index < -0.39 is 5.97 Å². The summed E-state index contributed by atoms with van der Waals surface area (Å²) in [6.07, 6.45) is 1.83. The van der Waals surface area contributed by atoms with Gasteiger partial charge >= 0.3 is 5.97 Å². The number of hydrogen-bond donors (Lipinski definition) is 1. The summed E-state index contributed by atoms with van der Waals surface area (Å²) in [6, 6.07) is 5.50. The van der Waals surface area contributed by atoms with Crippen LogP contribution in [0.4, 0.5) is 0 Å². The van der Waals surface area contributed by atoms with E-state index in [1.54, 1.807) is 6.07 Å². The Balaban J connectivity index is 0.00000144. The standard InChI is InChI=1S/C11H13N3O2.2ClH/c1-13(2)7-8-10(11(15)16)12-9-5-3-4-6-14(8)9;;/h3-6H,7H2,1-2H3,(H,15,16);2*1H. The summed E-state index contributed by atoms with van der Waals surface area (Å²) in [5.41, 5.74) is 1.49. The van der Waals surface area contributed by atoms with Crippen LogP contribution in [-0.2, 0) is 6.54 Å². The van der Waals surface area contributed by atoms with Crippen molar-refractivity contribution in [1.29, 1.82) is 0 Å². The molecule has 0 bridgehead atoms. The van der Waals surface area contributed by atoms with E-state index in [1.807, 2.05) is 41.7 Å². The van der Waals surface area contributed by atoms with Gasteiger partial charge in [0.2, 0.25) is 0 Å². The number of aromatic nitrogens is 2. The third-order valence-corrected chi connectivity index (χ3v) is 2.30. The summed E-state index contributed by atoms with van der Waals surface area (Å²) < 4.78 is 1.81. The van der Waals surface area contributed by atoms with Crippen LogP contribution in [0, 0.1) is 0 Å². The quantitative estimate of drug-likeness (QED) is 0.939. The van der Waals surface area contributed by atoms with Crippen molar-refractivity contribution >= 4 is 36.4 Å². The van der Waals surface area contributed by atoms with Gasteiger partial charge in [-0.2, -0.15) is 0 Å². The molecule has 0 saturated heterocycles. The minimum absolute atomic E-state index is 0. The molecule has 2 rings (SSSR count). The Morgan fingerprint density at radius 2 is 2.06 bits per heavy atom. The number of hydrogen-bond acceptors (Lipinski definition) is 3. The van der Waals surface area contributed by atoms with Crippen molar-refractivity contribution < 1.29 is 9.90 Å². The number of pyridine rings is 1. The number of carboxylic acids is 1. The highest BCUT2D eigenvalue weighted by molar-refractivity contribution is 5.88. The predicted octanol–water partition coefficient (Wildman–Crippen LogP) is 1.94. The first-order valence-electron chi connectivity index (χ1n) is 4.93. The molecule has 2 aromatic heterocycles. The third-order valence-electron chi connectivity index (χ3n) is 2.30. The fraction of sp³-hybridized carbons (Fsp3) is 0.273. The molecule has 5 nitrogen and oxygen atoms in total. The summed E-state index contributed by atoms with van der Waals surface area (Å²) in [4.78, 5) is 17.1. The highest BCUT2D eigenvalue weighted by atomic mass is 35.5. The Labute approximate surface area is 117 Å². The maximum absolute atomic E-state index is 11.1. The zero-order chi connectivity index (χ0) is 11.7. The molecule has 100 valence electrons. The topological polar surface area (TPSA) is 57.8 Å². The van der Waals surface area contributed by atoms with Gasteiger partial charge in [0.15, 0.2) is 5.69 Å². The second kappa shape index (κ2) is 6.58. The number of carboxylic acid groups (broad SMARTS) is 1. The zero-order valence-electron chi connectivity index (χ0n) is 10.0. The zero-order valence-corrected chi connectivity index (χ0v) is 11.7. The second-order valence-corrected chi connectivity index (χ2v) is 3.88. The monoisotopic (exact) mass is 291 g/mol. The highest BCUT2D eigenvalue weighted by Crippen LogP contribution is 2.13. The fourth-order valence-electron chi connectivity index (χ4n) is 1.67. The van der Waals surface area contributed by atoms with Gasteiger partial charge in [0.1, 0.15) is 5.65 Å². The van der Waals surface area contributed by atoms with Crippen LogP contribution in [0.25, 0.3) is 5.65 Å². The largest absolute Gasteiger partial charge is 0.476 e. The van der Waals surface area contributed by atoms with Crippen LogP contribution in [0.1, 0.15) is 16.2 Å². The van der Waals surface area contributed by atoms with Gasteiger partial charge in [0.05, 0.1) is 5.69 Å². The molecule has 2 aromatic rings. The van der Waals surface area contributed by atoms with E-state index in [4.69, 9.17) is 5.11 Å². The van der Waals surface area contributed by atoms with Crippen LogP contribution in [-0.4, -0.2) is 39.5 Å². The van der Waals surface area contributed by atoms with E-state index in [1.165, 1.54) is 0 Å². The SMILES string of the molecule is CN(C)Cc1c(C(=O)O)nc2ccccn12.Cl.Cl. The summed E-state index contributed by atoms with van der Waals surface area (Å²) >= 11 is 0. The van der Waals surface area contributed by atoms with E-state index in [0.29, 0.717) is 17.9 Å². The average Bonchev–Trinajstić information content (AvgIpc) is 2.57. The van der Waals surface area contributed by atoms with E-state index in [2.05, 4.69) is 4.98 Å². The van der Waals surface area contributed by atoms with Crippen molar-refractivity contribution in [3.05, 3.63) is 35.8 Å². The number of imidazole rings is 1. The number of carbonyl (C=O) groups is 1. The molecule has 0 amide bonds. The minimum Gasteiger partial charge on any atom is -0.476 e. The van der Waals surface area contributed by atoms with Crippen LogP contribution >= 0.6 is 24.8 Å². The molecule has 0 aliphatic rings. The number of aromatic carboxylic acids is 1. The Hall–Kier alpha value is -1.30. The van der Waals surface area contributed by atoms with Gasteiger partial charge in [-0.25, -0.2) is 9.78 Å². The molecule has 0 spiro atoms. The molecule has 0 unspecified atom stereocenters. The predicted molar refractivity (Wildman–Crippen MR) is 74.0 cm³/mol. The lowest BCUT2D eigenvalue weighted by Crippen LogP contribution is -2.15. The highest BCUT2D eigenvalue weighted by Gasteiger charge is 2.17. The van der Waals surface area contributed by atoms with Crippen molar-refractivity contribution in [3.63, 3.8) is 0 Å². The van der Waals surface area contributed by atoms with Gasteiger partial charge in [-0.3, -0.25) is 0 Å². The second-order valence-electron chi connectivity index (χ2n) is 3.88. The Morgan fingerprint density at radius 1 is 1.39 bits per heavy atom. The van der Waals surface area contributed by atoms with Crippen molar-refractivity contribution in [3.8, 4) is 0 Å². The van der Waals surface area contributed by atoms with Crippen LogP contribution in [0.5, 0.6) is 0 Å². The van der Waals surface area contributed by atoms with E-state index in [-0.39, 0.29) is 30.5 Å². The van der Waals surface area contributed by atoms with E-state index in [0.717, 1.165) is 0 Å². The summed E-state index contributed by atoms with van der Waals surface area (Å²) in [6.45, 7) is 0.548. The first kappa shape index (κ1) is 16.7.